The van der Waals surface area contributed by atoms with Gasteiger partial charge in [0.25, 0.3) is 5.91 Å². The molecule has 1 N–H and O–H groups in total. The Hall–Kier alpha value is -4.06. The van der Waals surface area contributed by atoms with Crippen molar-refractivity contribution in [1.82, 2.24) is 5.32 Å². The Labute approximate surface area is 246 Å². The molecular weight excluding hydrogens is 545 g/mol. The average molecular weight is 580 g/mol. The van der Waals surface area contributed by atoms with Crippen LogP contribution >= 0.6 is 7.82 Å². The van der Waals surface area contributed by atoms with Crippen molar-refractivity contribution in [2.45, 2.75) is 32.6 Å². The number of hydrogen-bond donors (Lipinski definition) is 1. The van der Waals surface area contributed by atoms with Crippen LogP contribution in [-0.2, 0) is 37.8 Å². The van der Waals surface area contributed by atoms with E-state index in [2.05, 4.69) is 11.4 Å². The van der Waals surface area contributed by atoms with E-state index in [0.29, 0.717) is 12.0 Å². The van der Waals surface area contributed by atoms with Crippen molar-refractivity contribution in [3.63, 3.8) is 0 Å². The molecule has 0 aliphatic heterocycles. The summed E-state index contributed by atoms with van der Waals surface area (Å²) < 4.78 is 31.4. The maximum atomic E-state index is 13.9. The van der Waals surface area contributed by atoms with Crippen molar-refractivity contribution in [2.75, 3.05) is 6.61 Å². The molecule has 0 saturated carbocycles. The van der Waals surface area contributed by atoms with Gasteiger partial charge in [-0.15, -0.1) is 0 Å². The molecule has 0 bridgehead atoms. The number of nitrogens with one attached hydrogen (secondary N) is 1. The number of carbonyl (C=O) groups is 1. The van der Waals surface area contributed by atoms with Crippen LogP contribution in [0.25, 0.3) is 10.8 Å². The molecule has 0 fully saturated rings. The van der Waals surface area contributed by atoms with Crippen LogP contribution in [0.4, 0.5) is 0 Å². The van der Waals surface area contributed by atoms with Gasteiger partial charge in [0.1, 0.15) is 0 Å². The Balaban J connectivity index is 1.34. The number of fused-ring (bicyclic) bond motifs is 1. The molecule has 42 heavy (non-hydrogen) atoms. The number of amides is 1. The fraction of sp³-hybridized carbons (Fsp3) is 0.171. The van der Waals surface area contributed by atoms with E-state index in [1.54, 1.807) is 6.07 Å². The molecular formula is C35H34NO5P. The predicted molar refractivity (Wildman–Crippen MR) is 166 cm³/mol. The van der Waals surface area contributed by atoms with Crippen molar-refractivity contribution >= 4 is 24.5 Å². The summed E-state index contributed by atoms with van der Waals surface area (Å²) in [5.74, 6) is -0.243. The average Bonchev–Trinajstić information content (AvgIpc) is 3.02. The highest BCUT2D eigenvalue weighted by Crippen LogP contribution is 2.51. The predicted octanol–water partition coefficient (Wildman–Crippen LogP) is 8.05. The van der Waals surface area contributed by atoms with E-state index >= 15 is 0 Å². The number of aryl methyl sites for hydroxylation is 1. The molecule has 1 atom stereocenters. The second-order valence-corrected chi connectivity index (χ2v) is 11.9. The summed E-state index contributed by atoms with van der Waals surface area (Å²) in [5, 5.41) is 5.12. The van der Waals surface area contributed by atoms with Crippen molar-refractivity contribution in [3.8, 4) is 0 Å². The molecule has 0 spiro atoms. The van der Waals surface area contributed by atoms with Crippen LogP contribution in [0.2, 0.25) is 0 Å². The quantitative estimate of drug-likeness (QED) is 0.143. The topological polar surface area (TPSA) is 73.9 Å². The van der Waals surface area contributed by atoms with Gasteiger partial charge in [0.05, 0.1) is 25.9 Å². The van der Waals surface area contributed by atoms with Crippen LogP contribution in [0.5, 0.6) is 0 Å². The molecule has 5 aromatic carbocycles. The van der Waals surface area contributed by atoms with Gasteiger partial charge in [0, 0.05) is 5.56 Å². The maximum absolute atomic E-state index is 13.9. The monoisotopic (exact) mass is 579 g/mol. The number of hydrogen-bond acceptors (Lipinski definition) is 5. The van der Waals surface area contributed by atoms with E-state index in [4.69, 9.17) is 13.6 Å². The fourth-order valence-electron chi connectivity index (χ4n) is 4.62. The molecule has 0 radical (unpaired) electrons. The molecule has 5 aromatic rings. The second-order valence-electron chi connectivity index (χ2n) is 10.2. The molecule has 1 amide bonds. The van der Waals surface area contributed by atoms with Crippen LogP contribution in [0.15, 0.2) is 127 Å². The number of benzene rings is 5. The van der Waals surface area contributed by atoms with Crippen LogP contribution in [0.3, 0.4) is 0 Å². The molecule has 0 heterocycles. The molecule has 6 nitrogen and oxygen atoms in total. The molecule has 7 heteroatoms. The fourth-order valence-corrected chi connectivity index (χ4v) is 5.82. The van der Waals surface area contributed by atoms with Crippen molar-refractivity contribution in [1.29, 1.82) is 0 Å². The highest BCUT2D eigenvalue weighted by molar-refractivity contribution is 7.48. The van der Waals surface area contributed by atoms with Gasteiger partial charge in [0.15, 0.2) is 0 Å². The molecule has 0 aliphatic rings. The minimum Gasteiger partial charge on any atom is -0.347 e. The molecule has 0 unspecified atom stereocenters. The number of rotatable bonds is 13. The van der Waals surface area contributed by atoms with E-state index in [9.17, 15) is 9.36 Å². The van der Waals surface area contributed by atoms with E-state index in [-0.39, 0.29) is 25.7 Å². The lowest BCUT2D eigenvalue weighted by Gasteiger charge is -2.23. The Morgan fingerprint density at radius 3 is 1.90 bits per heavy atom. The summed E-state index contributed by atoms with van der Waals surface area (Å²) in [6, 6.07) is 39.9. The summed E-state index contributed by atoms with van der Waals surface area (Å²) in [4.78, 5) is 13.4. The van der Waals surface area contributed by atoms with Gasteiger partial charge in [-0.25, -0.2) is 4.57 Å². The van der Waals surface area contributed by atoms with Gasteiger partial charge >= 0.3 is 7.82 Å². The summed E-state index contributed by atoms with van der Waals surface area (Å²) in [6.07, 6.45) is 0.471. The summed E-state index contributed by atoms with van der Waals surface area (Å²) in [7, 11) is -4.02. The van der Waals surface area contributed by atoms with Gasteiger partial charge in [-0.05, 0) is 52.9 Å². The SMILES string of the molecule is Cc1cccc(C[C@H](COP(=O)(OCc2ccccc2)OCc2ccccc2)NC(=O)c2ccc3ccccc3c2)c1. The van der Waals surface area contributed by atoms with Crippen LogP contribution in [0, 0.1) is 6.92 Å². The van der Waals surface area contributed by atoms with Gasteiger partial charge in [-0.3, -0.25) is 18.4 Å². The minimum atomic E-state index is -4.02. The standard InChI is InChI=1S/C35H34NO5P/c1-27-11-10-16-30(21-27)22-34(36-35(37)33-20-19-31-17-8-9-18-32(31)23-33)26-41-42(38,39-24-28-12-4-2-5-13-28)40-25-29-14-6-3-7-15-29/h2-21,23,34H,22,24-26H2,1H3,(H,36,37)/t34-/m1/s1. The van der Waals surface area contributed by atoms with E-state index in [1.807, 2.05) is 122 Å². The Bertz CT molecular complexity index is 1610. The molecule has 0 aromatic heterocycles. The minimum absolute atomic E-state index is 0.0545. The first kappa shape index (κ1) is 29.4. The molecule has 0 saturated heterocycles. The first-order valence-corrected chi connectivity index (χ1v) is 15.4. The molecule has 5 rings (SSSR count). The van der Waals surface area contributed by atoms with Gasteiger partial charge in [0.2, 0.25) is 0 Å². The Morgan fingerprint density at radius 1 is 0.667 bits per heavy atom. The Kier molecular flexibility index (Phi) is 9.96. The third kappa shape index (κ3) is 8.48. The second kappa shape index (κ2) is 14.2. The number of phosphoric acid groups is 1. The maximum Gasteiger partial charge on any atom is 0.475 e. The third-order valence-corrected chi connectivity index (χ3v) is 8.17. The van der Waals surface area contributed by atoms with E-state index in [1.165, 1.54) is 0 Å². The smallest absolute Gasteiger partial charge is 0.347 e. The third-order valence-electron chi connectivity index (χ3n) is 6.81. The highest BCUT2D eigenvalue weighted by Gasteiger charge is 2.29. The first-order chi connectivity index (χ1) is 20.5. The van der Waals surface area contributed by atoms with Crippen LogP contribution in [-0.4, -0.2) is 18.6 Å². The summed E-state index contributed by atoms with van der Waals surface area (Å²) >= 11 is 0. The molecule has 0 aliphatic carbocycles. The van der Waals surface area contributed by atoms with Gasteiger partial charge in [-0.2, -0.15) is 0 Å². The zero-order chi connectivity index (χ0) is 29.2. The van der Waals surface area contributed by atoms with Crippen molar-refractivity contribution < 1.29 is 22.9 Å². The number of phosphoric ester groups is 1. The normalized spacial score (nSPS) is 12.2. The zero-order valence-corrected chi connectivity index (χ0v) is 24.4. The van der Waals surface area contributed by atoms with Gasteiger partial charge < -0.3 is 5.32 Å². The largest absolute Gasteiger partial charge is 0.475 e. The lowest BCUT2D eigenvalue weighted by molar-refractivity contribution is 0.0830. The first-order valence-electron chi connectivity index (χ1n) is 13.9. The lowest BCUT2D eigenvalue weighted by atomic mass is 10.0. The summed E-state index contributed by atoms with van der Waals surface area (Å²) in [6.45, 7) is 2.05. The van der Waals surface area contributed by atoms with E-state index in [0.717, 1.165) is 33.0 Å². The number of carbonyl (C=O) groups excluding carboxylic acids is 1. The van der Waals surface area contributed by atoms with Crippen molar-refractivity contribution in [2.24, 2.45) is 0 Å². The zero-order valence-electron chi connectivity index (χ0n) is 23.5. The molecule has 214 valence electrons. The van der Waals surface area contributed by atoms with E-state index < -0.39 is 13.9 Å². The van der Waals surface area contributed by atoms with Crippen molar-refractivity contribution in [3.05, 3.63) is 155 Å². The Morgan fingerprint density at radius 2 is 1.26 bits per heavy atom. The summed E-state index contributed by atoms with van der Waals surface area (Å²) in [5.41, 5.74) is 4.34. The van der Waals surface area contributed by atoms with Gasteiger partial charge in [-0.1, -0.05) is 121 Å². The van der Waals surface area contributed by atoms with Crippen LogP contribution in [0.1, 0.15) is 32.6 Å². The highest BCUT2D eigenvalue weighted by atomic mass is 31.2. The van der Waals surface area contributed by atoms with Crippen LogP contribution < -0.4 is 5.32 Å². The lowest BCUT2D eigenvalue weighted by Crippen LogP contribution is -2.39.